The molecule has 554 valence electrons. The lowest BCUT2D eigenvalue weighted by Crippen LogP contribution is -2.41. The molecule has 4 aliphatic heterocycles. The number of hydrogen-bond acceptors (Lipinski definition) is 35. The van der Waals surface area contributed by atoms with Crippen molar-refractivity contribution in [3.05, 3.63) is 75.7 Å². The van der Waals surface area contributed by atoms with Crippen LogP contribution in [0.15, 0.2) is 53.2 Å². The molecule has 4 aliphatic rings. The highest BCUT2D eigenvalue weighted by atomic mass is 32.5. The summed E-state index contributed by atoms with van der Waals surface area (Å²) in [6.45, 7) is -6.82. The van der Waals surface area contributed by atoms with Crippen molar-refractivity contribution in [2.45, 2.75) is 132 Å². The highest BCUT2D eigenvalue weighted by molar-refractivity contribution is 8.07. The van der Waals surface area contributed by atoms with Crippen LogP contribution in [0, 0.1) is 13.8 Å². The number of aromatic nitrogens is 11. The molecule has 10 heterocycles. The molecule has 0 amide bonds. The Morgan fingerprint density at radius 3 is 1.44 bits per heavy atom. The number of nitrogens with two attached hydrogens (primary N) is 4. The van der Waals surface area contributed by atoms with Gasteiger partial charge in [0.15, 0.2) is 42.0 Å². The van der Waals surface area contributed by atoms with E-state index in [1.54, 1.807) is 13.8 Å². The number of imidazole rings is 2. The first-order valence-electron chi connectivity index (χ1n) is 31.2. The third-order valence-corrected chi connectivity index (χ3v) is 20.5. The fraction of sp³-hybridized carbons (Fsp3) is 0.655. The van der Waals surface area contributed by atoms with Gasteiger partial charge in [0.05, 0.1) is 97.1 Å². The molecule has 7 unspecified atom stereocenters. The van der Waals surface area contributed by atoms with Gasteiger partial charge in [-0.2, -0.15) is 9.97 Å². The zero-order valence-corrected chi connectivity index (χ0v) is 59.5. The Labute approximate surface area is 581 Å². The largest absolute Gasteiger partial charge is 0.472 e. The molecule has 0 bridgehead atoms. The third-order valence-electron chi connectivity index (χ3n) is 16.4. The van der Waals surface area contributed by atoms with Crippen LogP contribution in [0.2, 0.25) is 0 Å². The normalized spacial score (nSPS) is 28.9. The van der Waals surface area contributed by atoms with Gasteiger partial charge < -0.3 is 109 Å². The van der Waals surface area contributed by atoms with Crippen LogP contribution < -0.4 is 34.3 Å². The molecule has 0 aromatic carbocycles. The summed E-state index contributed by atoms with van der Waals surface area (Å²) in [5.41, 5.74) is 24.7. The molecule has 12 N–H and O–H groups in total. The van der Waals surface area contributed by atoms with E-state index in [-0.39, 0.29) is 105 Å². The summed E-state index contributed by atoms with van der Waals surface area (Å²) in [4.78, 5) is 93.0. The van der Waals surface area contributed by atoms with Crippen molar-refractivity contribution in [2.24, 2.45) is 0 Å². The number of aryl methyl sites for hydroxylation is 2. The number of aliphatic hydroxyl groups is 1. The minimum absolute atomic E-state index is 0.0221. The van der Waals surface area contributed by atoms with E-state index in [0.29, 0.717) is 17.5 Å². The Kier molecular flexibility index (Phi) is 26.4. The Bertz CT molecular complexity index is 4020. The maximum atomic E-state index is 14.5. The average Bonchev–Trinajstić information content (AvgIpc) is 1.64. The topological polar surface area (TPSA) is 512 Å². The van der Waals surface area contributed by atoms with E-state index in [1.807, 2.05) is 6.92 Å². The molecule has 4 saturated heterocycles. The Hall–Kier alpha value is -5.22. The van der Waals surface area contributed by atoms with E-state index < -0.39 is 151 Å². The average molecular weight is 1510 g/mol. The molecule has 0 spiro atoms. The van der Waals surface area contributed by atoms with Gasteiger partial charge in [-0.1, -0.05) is 13.3 Å². The monoisotopic (exact) mass is 1510 g/mol. The number of nitrogen functional groups attached to an aromatic ring is 4. The molecule has 0 saturated carbocycles. The molecule has 0 radical (unpaired) electrons. The smallest absolute Gasteiger partial charge is 0.397 e. The molecule has 45 heteroatoms. The van der Waals surface area contributed by atoms with Gasteiger partial charge in [-0.25, -0.2) is 39.1 Å². The van der Waals surface area contributed by atoms with Crippen LogP contribution in [-0.2, 0) is 112 Å². The number of aliphatic hydroxyl groups excluding tert-OH is 1. The van der Waals surface area contributed by atoms with Crippen molar-refractivity contribution in [3.63, 3.8) is 0 Å². The quantitative estimate of drug-likeness (QED) is 0.0193. The molecule has 40 nitrogen and oxygen atoms in total. The number of phosphoric acid groups is 1. The van der Waals surface area contributed by atoms with Crippen LogP contribution in [0.5, 0.6) is 0 Å². The predicted molar refractivity (Wildman–Crippen MR) is 355 cm³/mol. The van der Waals surface area contributed by atoms with Gasteiger partial charge in [0.1, 0.15) is 96.1 Å². The first kappa shape index (κ1) is 77.4. The molecule has 0 aliphatic carbocycles. The molecule has 6 aromatic heterocycles. The summed E-state index contributed by atoms with van der Waals surface area (Å²) < 4.78 is 128. The number of hydrogen-bond donors (Lipinski definition) is 8. The van der Waals surface area contributed by atoms with Crippen molar-refractivity contribution in [1.82, 2.24) is 53.2 Å². The second kappa shape index (κ2) is 34.1. The number of anilines is 4. The number of fused-ring (bicyclic) bond motifs is 2. The van der Waals surface area contributed by atoms with E-state index in [1.165, 1.54) is 81.2 Å². The first-order valence-corrected chi connectivity index (χ1v) is 37.9. The highest BCUT2D eigenvalue weighted by Crippen LogP contribution is 2.55. The Balaban J connectivity index is 0.938. The second-order valence-electron chi connectivity index (χ2n) is 23.2. The van der Waals surface area contributed by atoms with Crippen LogP contribution >= 0.6 is 21.3 Å². The zero-order valence-electron chi connectivity index (χ0n) is 55.2. The van der Waals surface area contributed by atoms with Gasteiger partial charge in [-0.15, -0.1) is 0 Å². The summed E-state index contributed by atoms with van der Waals surface area (Å²) in [5, 5.41) is 11.8. The lowest BCUT2D eigenvalue weighted by molar-refractivity contribution is -0.0844. The van der Waals surface area contributed by atoms with Gasteiger partial charge in [-0.05, 0) is 49.9 Å². The minimum atomic E-state index is -5.34. The lowest BCUT2D eigenvalue weighted by Gasteiger charge is -2.30. The summed E-state index contributed by atoms with van der Waals surface area (Å²) >= 11 is 11.5. The fourth-order valence-electron chi connectivity index (χ4n) is 11.6. The van der Waals surface area contributed by atoms with Gasteiger partial charge in [-0.3, -0.25) is 36.4 Å². The molecular weight excluding hydrogens is 1430 g/mol. The van der Waals surface area contributed by atoms with E-state index in [0.717, 1.165) is 9.13 Å². The van der Waals surface area contributed by atoms with Gasteiger partial charge in [0.2, 0.25) is 0 Å². The van der Waals surface area contributed by atoms with E-state index in [2.05, 4.69) is 34.9 Å². The predicted octanol–water partition coefficient (Wildman–Crippen LogP) is 0.347. The molecule has 4 fully saturated rings. The fourth-order valence-corrected chi connectivity index (χ4v) is 15.4. The third kappa shape index (κ3) is 17.9. The molecule has 10 rings (SSSR count). The van der Waals surface area contributed by atoms with Crippen LogP contribution in [0.4, 0.5) is 23.1 Å². The summed E-state index contributed by atoms with van der Waals surface area (Å²) in [7, 11) is 0.412. The van der Waals surface area contributed by atoms with Crippen LogP contribution in [-0.4, -0.2) is 247 Å². The van der Waals surface area contributed by atoms with Crippen molar-refractivity contribution in [3.8, 4) is 0 Å². The number of phosphoric ester groups is 1. The Morgan fingerprint density at radius 2 is 0.940 bits per heavy atom. The van der Waals surface area contributed by atoms with Gasteiger partial charge in [0.25, 0.3) is 0 Å². The van der Waals surface area contributed by atoms with Crippen molar-refractivity contribution >= 4 is 90.3 Å². The van der Waals surface area contributed by atoms with Crippen LogP contribution in [0.1, 0.15) is 55.8 Å². The molecule has 100 heavy (non-hydrogen) atoms. The summed E-state index contributed by atoms with van der Waals surface area (Å²) in [6.07, 6.45) is -12.8. The SMILES string of the molecule is CCC[C@H]1O[C@@H](n2cc(C)c(N)nc2=O)[C@@H](OCCOC)C1OP(=O)(O)OC[C@H]1O[C@@H](n2cc(C)c(N)nc2=O)[C@@H](OCCOC)C1OP(O)(=S)OC[C@H]1O[C@@H](n2cnc3c(N)ccnc32)[C@@H](OCCOC)C1OP(O)(=S)OC[C@H]1O[C@@H](n2cnc3c(N)ncnc32)[C@@H](OCCOC)C1O. The van der Waals surface area contributed by atoms with E-state index in [9.17, 15) is 33.9 Å². The molecular formula is C55H82N15O25P3S2. The lowest BCUT2D eigenvalue weighted by atomic mass is 10.1. The second-order valence-corrected chi connectivity index (χ2v) is 30.1. The molecule has 6 aromatic rings. The van der Waals surface area contributed by atoms with Crippen LogP contribution in [0.3, 0.4) is 0 Å². The minimum Gasteiger partial charge on any atom is -0.397 e. The standard InChI is InChI=1S/C55H82N15O25P3S2/c1-8-9-31-38(42(83-17-13-79-5)51(89-31)67-20-28(2)45(57)65-54(67)72)93-96(74,75)86-23-33-39(43(84-18-14-80-6)52(91-33)68-21-29(3)46(58)66-55(68)73)94-98(77,100)88-24-34-40(44(85-19-15-81-7)53(92-34)69-26-63-35-30(56)10-11-60-48(35)69)95-97(76,99)87-22-32-37(71)41(82-16-12-78-4)50(90-32)70-27-64-36-47(59)61-25-62-49(36)70/h10-11,20-21,25-27,31-34,37-44,50-53,71H,8-9,12-19,22-24H2,1-7H3,(H2,56,60)(H,74,75)(H,76,99)(H,77,100)(H2,57,65,72)(H2,58,66,73)(H2,59,61,62)/t31-,32-,33-,34-,37?,38?,39?,40?,41+,42+,43+,44+,50-,51-,52-,53-,97?,98?/m1/s1. The van der Waals surface area contributed by atoms with Crippen LogP contribution in [0.25, 0.3) is 22.3 Å². The number of rotatable bonds is 37. The number of methoxy groups -OCH3 is 4. The maximum Gasteiger partial charge on any atom is 0.472 e. The number of nitrogens with zero attached hydrogens (tertiary/aromatic N) is 11. The van der Waals surface area contributed by atoms with Crippen molar-refractivity contribution in [2.75, 3.05) is 124 Å². The number of ether oxygens (including phenoxy) is 12. The molecule has 19 atom stereocenters. The highest BCUT2D eigenvalue weighted by Gasteiger charge is 2.56. The Morgan fingerprint density at radius 1 is 0.520 bits per heavy atom. The first-order chi connectivity index (χ1) is 47.8. The van der Waals surface area contributed by atoms with E-state index >= 15 is 0 Å². The zero-order chi connectivity index (χ0) is 71.8. The van der Waals surface area contributed by atoms with Crippen molar-refractivity contribution in [1.29, 1.82) is 0 Å². The maximum absolute atomic E-state index is 14.5. The van der Waals surface area contributed by atoms with E-state index in [4.69, 9.17) is 131 Å². The number of pyridine rings is 1. The summed E-state index contributed by atoms with van der Waals surface area (Å²) in [6, 6.07) is 1.54. The van der Waals surface area contributed by atoms with Gasteiger partial charge in [0, 0.05) is 58.2 Å². The summed E-state index contributed by atoms with van der Waals surface area (Å²) in [5.74, 6) is -0.0434. The van der Waals surface area contributed by atoms with Gasteiger partial charge >= 0.3 is 32.6 Å². The van der Waals surface area contributed by atoms with Crippen molar-refractivity contribution < 1.29 is 108 Å².